The molecule has 0 heterocycles. The first kappa shape index (κ1) is 15.0. The van der Waals surface area contributed by atoms with Crippen molar-refractivity contribution in [1.82, 2.24) is 0 Å². The van der Waals surface area contributed by atoms with E-state index in [0.717, 1.165) is 0 Å². The van der Waals surface area contributed by atoms with Gasteiger partial charge in [-0.05, 0) is 24.4 Å². The molecule has 0 N–H and O–H groups in total. The van der Waals surface area contributed by atoms with Crippen molar-refractivity contribution >= 4 is 23.4 Å². The Morgan fingerprint density at radius 1 is 1.40 bits per heavy atom. The van der Waals surface area contributed by atoms with Crippen LogP contribution in [-0.2, 0) is 4.74 Å². The molecule has 0 bridgehead atoms. The molecule has 0 radical (unpaired) electrons. The fourth-order valence-electron chi connectivity index (χ4n) is 0.924. The van der Waals surface area contributed by atoms with Crippen molar-refractivity contribution in [1.29, 1.82) is 0 Å². The first-order chi connectivity index (χ1) is 6.65. The molecule has 6 heteroatoms. The number of ether oxygens (including phenoxy) is 2. The Labute approximate surface area is 135 Å². The third kappa shape index (κ3) is 4.58. The number of hydrogen-bond acceptors (Lipinski definition) is 5. The summed E-state index contributed by atoms with van der Waals surface area (Å²) >= 11 is 4.85. The predicted octanol–water partition coefficient (Wildman–Crippen LogP) is -2.27. The summed E-state index contributed by atoms with van der Waals surface area (Å²) in [6.07, 6.45) is -1.63. The summed E-state index contributed by atoms with van der Waals surface area (Å²) in [6, 6.07) is 6.39. The number of carboxylic acid groups (broad SMARTS) is 1. The summed E-state index contributed by atoms with van der Waals surface area (Å²) in [5, 5.41) is 10.4. The molecule has 0 fully saturated rings. The maximum atomic E-state index is 10.2. The Hall–Kier alpha value is 0.0164. The van der Waals surface area contributed by atoms with Gasteiger partial charge >= 0.3 is 51.4 Å². The first-order valence-corrected chi connectivity index (χ1v) is 4.12. The van der Waals surface area contributed by atoms with Crippen molar-refractivity contribution < 1.29 is 70.8 Å². The van der Waals surface area contributed by atoms with Crippen LogP contribution in [0, 0.1) is 0 Å². The van der Waals surface area contributed by atoms with Gasteiger partial charge in [-0.3, -0.25) is 0 Å². The van der Waals surface area contributed by atoms with Crippen molar-refractivity contribution in [2.45, 2.75) is 0 Å². The van der Waals surface area contributed by atoms with E-state index in [9.17, 15) is 9.90 Å². The van der Waals surface area contributed by atoms with E-state index in [1.54, 1.807) is 18.2 Å². The molecule has 1 aromatic rings. The molecule has 0 aliphatic carbocycles. The van der Waals surface area contributed by atoms with Crippen LogP contribution < -0.4 is 61.2 Å². The van der Waals surface area contributed by atoms with Crippen molar-refractivity contribution in [3.8, 4) is 5.75 Å². The number of hydrogen-bond donors (Lipinski definition) is 0. The van der Waals surface area contributed by atoms with Crippen LogP contribution in [0.5, 0.6) is 5.75 Å². The summed E-state index contributed by atoms with van der Waals surface area (Å²) < 4.78 is 9.20. The van der Waals surface area contributed by atoms with Gasteiger partial charge in [-0.25, -0.2) is 0 Å². The van der Waals surface area contributed by atoms with E-state index in [4.69, 9.17) is 17.0 Å². The fourth-order valence-corrected chi connectivity index (χ4v) is 1.09. The van der Waals surface area contributed by atoms with E-state index in [1.807, 2.05) is 0 Å². The second-order valence-electron chi connectivity index (χ2n) is 2.34. The van der Waals surface area contributed by atoms with Crippen LogP contribution in [0.25, 0.3) is 0 Å². The van der Waals surface area contributed by atoms with Crippen molar-refractivity contribution in [3.05, 3.63) is 29.8 Å². The molecule has 0 atom stereocenters. The summed E-state index contributed by atoms with van der Waals surface area (Å²) in [5.41, 5.74) is 0.411. The van der Waals surface area contributed by atoms with Crippen LogP contribution in [0.4, 0.5) is 4.79 Å². The van der Waals surface area contributed by atoms with Gasteiger partial charge in [0, 0.05) is 0 Å². The van der Waals surface area contributed by atoms with Crippen LogP contribution in [0.1, 0.15) is 5.56 Å². The summed E-state index contributed by atoms with van der Waals surface area (Å²) in [7, 11) is 1.40. The molecule has 4 nitrogen and oxygen atoms in total. The molecule has 1 rings (SSSR count). The largest absolute Gasteiger partial charge is 1.00 e. The number of carbonyl (C=O) groups is 1. The molecule has 0 saturated heterocycles. The smallest absolute Gasteiger partial charge is 0.513 e. The molecular formula is C9H7KO4S. The van der Waals surface area contributed by atoms with Crippen molar-refractivity contribution in [2.24, 2.45) is 0 Å². The minimum atomic E-state index is -1.63. The third-order valence-corrected chi connectivity index (χ3v) is 1.87. The summed E-state index contributed by atoms with van der Waals surface area (Å²) in [4.78, 5) is 10.2. The van der Waals surface area contributed by atoms with Crippen molar-refractivity contribution in [3.63, 3.8) is 0 Å². The SMILES string of the molecule is COC(=S)c1ccccc1OC(=O)[O-].[K+]. The van der Waals surface area contributed by atoms with Crippen LogP contribution in [0.3, 0.4) is 0 Å². The average Bonchev–Trinajstić information content (AvgIpc) is 2.16. The molecule has 0 amide bonds. The van der Waals surface area contributed by atoms with E-state index in [1.165, 1.54) is 13.2 Å². The Balaban J connectivity index is 0.00000196. The number of carbonyl (C=O) groups excluding carboxylic acids is 1. The van der Waals surface area contributed by atoms with Gasteiger partial charge in [-0.1, -0.05) is 12.1 Å². The van der Waals surface area contributed by atoms with E-state index >= 15 is 0 Å². The average molecular weight is 250 g/mol. The van der Waals surface area contributed by atoms with Crippen LogP contribution in [-0.4, -0.2) is 18.3 Å². The van der Waals surface area contributed by atoms with Gasteiger partial charge in [0.25, 0.3) is 6.16 Å². The maximum Gasteiger partial charge on any atom is 1.00 e. The number of rotatable bonds is 2. The Bertz CT molecular complexity index is 367. The monoisotopic (exact) mass is 250 g/mol. The van der Waals surface area contributed by atoms with Gasteiger partial charge in [0.05, 0.1) is 18.4 Å². The van der Waals surface area contributed by atoms with Crippen molar-refractivity contribution in [2.75, 3.05) is 7.11 Å². The van der Waals surface area contributed by atoms with E-state index < -0.39 is 6.16 Å². The fraction of sp³-hybridized carbons (Fsp3) is 0.111. The van der Waals surface area contributed by atoms with Crippen LogP contribution in [0.15, 0.2) is 24.3 Å². The number of methoxy groups -OCH3 is 1. The normalized spacial score (nSPS) is 8.60. The molecule has 0 aliphatic rings. The second kappa shape index (κ2) is 7.32. The molecule has 0 saturated carbocycles. The molecule has 0 spiro atoms. The zero-order valence-corrected chi connectivity index (χ0v) is 12.3. The number of benzene rings is 1. The Kier molecular flexibility index (Phi) is 7.32. The summed E-state index contributed by atoms with van der Waals surface area (Å²) in [6.45, 7) is 0. The van der Waals surface area contributed by atoms with Gasteiger partial charge in [0.15, 0.2) is 5.05 Å². The standard InChI is InChI=1S/C9H8O4S.K/c1-12-8(14)6-4-2-3-5-7(6)13-9(10)11;/h2-5H,1H3,(H,10,11);/q;+1/p-1. The summed E-state index contributed by atoms with van der Waals surface area (Å²) in [5.74, 6) is 0.111. The zero-order chi connectivity index (χ0) is 10.6. The van der Waals surface area contributed by atoms with Gasteiger partial charge in [0.2, 0.25) is 0 Å². The Morgan fingerprint density at radius 3 is 2.53 bits per heavy atom. The Morgan fingerprint density at radius 2 is 2.00 bits per heavy atom. The quantitative estimate of drug-likeness (QED) is 0.256. The third-order valence-electron chi connectivity index (χ3n) is 1.49. The van der Waals surface area contributed by atoms with E-state index in [0.29, 0.717) is 5.56 Å². The molecule has 74 valence electrons. The molecule has 1 aromatic carbocycles. The van der Waals surface area contributed by atoms with Gasteiger partial charge in [-0.2, -0.15) is 0 Å². The molecular weight excluding hydrogens is 243 g/mol. The molecule has 0 unspecified atom stereocenters. The van der Waals surface area contributed by atoms with Crippen LogP contribution in [0.2, 0.25) is 0 Å². The van der Waals surface area contributed by atoms with Gasteiger partial charge in [0.1, 0.15) is 0 Å². The minimum absolute atomic E-state index is 0. The first-order valence-electron chi connectivity index (χ1n) is 3.71. The predicted molar refractivity (Wildman–Crippen MR) is 51.2 cm³/mol. The number of thiocarbonyl (C=S) groups is 1. The zero-order valence-electron chi connectivity index (χ0n) is 8.35. The van der Waals surface area contributed by atoms with Gasteiger partial charge in [-0.15, -0.1) is 0 Å². The minimum Gasteiger partial charge on any atom is -0.513 e. The molecule has 0 aliphatic heterocycles. The second-order valence-corrected chi connectivity index (χ2v) is 2.71. The molecule has 0 aromatic heterocycles. The van der Waals surface area contributed by atoms with Gasteiger partial charge < -0.3 is 19.4 Å². The van der Waals surface area contributed by atoms with E-state index in [2.05, 4.69) is 4.74 Å². The van der Waals surface area contributed by atoms with E-state index in [-0.39, 0.29) is 62.2 Å². The number of para-hydroxylation sites is 1. The maximum absolute atomic E-state index is 10.2. The topological polar surface area (TPSA) is 58.6 Å². The van der Waals surface area contributed by atoms with Crippen LogP contribution >= 0.6 is 12.2 Å². The molecule has 15 heavy (non-hydrogen) atoms.